The van der Waals surface area contributed by atoms with Crippen LogP contribution in [0.4, 0.5) is 0 Å². The second-order valence-corrected chi connectivity index (χ2v) is 4.83. The zero-order chi connectivity index (χ0) is 11.1. The molecule has 1 rings (SSSR count). The second-order valence-electron chi connectivity index (χ2n) is 4.83. The molecular formula is C14H24O. The Labute approximate surface area is 93.9 Å². The fourth-order valence-corrected chi connectivity index (χ4v) is 2.42. The van der Waals surface area contributed by atoms with Crippen molar-refractivity contribution in [2.45, 2.75) is 65.2 Å². The summed E-state index contributed by atoms with van der Waals surface area (Å²) < 4.78 is 0. The molecule has 0 unspecified atom stereocenters. The minimum Gasteiger partial charge on any atom is -0.300 e. The van der Waals surface area contributed by atoms with Crippen LogP contribution in [0.15, 0.2) is 12.2 Å². The second kappa shape index (κ2) is 6.09. The number of carbonyl (C=O) groups excluding carboxylic acids is 1. The van der Waals surface area contributed by atoms with Gasteiger partial charge < -0.3 is 0 Å². The van der Waals surface area contributed by atoms with Gasteiger partial charge in [0.1, 0.15) is 5.78 Å². The number of carbonyl (C=O) groups is 1. The quantitative estimate of drug-likeness (QED) is 0.487. The van der Waals surface area contributed by atoms with Crippen LogP contribution in [0.5, 0.6) is 0 Å². The van der Waals surface area contributed by atoms with Crippen molar-refractivity contribution in [1.29, 1.82) is 0 Å². The van der Waals surface area contributed by atoms with Crippen molar-refractivity contribution in [1.82, 2.24) is 0 Å². The van der Waals surface area contributed by atoms with Crippen molar-refractivity contribution in [3.63, 3.8) is 0 Å². The molecule has 0 aromatic heterocycles. The molecule has 0 heterocycles. The molecular weight excluding hydrogens is 184 g/mol. The number of unbranched alkanes of at least 4 members (excludes halogenated alkanes) is 2. The lowest BCUT2D eigenvalue weighted by Crippen LogP contribution is -2.26. The number of hydrogen-bond donors (Lipinski definition) is 0. The van der Waals surface area contributed by atoms with Crippen molar-refractivity contribution < 1.29 is 4.79 Å². The molecule has 0 aliphatic heterocycles. The van der Waals surface area contributed by atoms with Gasteiger partial charge in [-0.05, 0) is 31.1 Å². The maximum atomic E-state index is 11.5. The third-order valence-corrected chi connectivity index (χ3v) is 3.58. The van der Waals surface area contributed by atoms with Crippen molar-refractivity contribution in [3.8, 4) is 0 Å². The molecule has 1 saturated carbocycles. The normalized spacial score (nSPS) is 27.5. The number of rotatable bonds is 5. The van der Waals surface area contributed by atoms with E-state index in [-0.39, 0.29) is 5.41 Å². The van der Waals surface area contributed by atoms with Crippen LogP contribution in [0.1, 0.15) is 65.2 Å². The third-order valence-electron chi connectivity index (χ3n) is 3.58. The Hall–Kier alpha value is -0.590. The molecule has 0 aromatic carbocycles. The van der Waals surface area contributed by atoms with E-state index < -0.39 is 0 Å². The standard InChI is InChI=1S/C14H24O/c1-3-5-6-7-10-14(4-2)11-8-9-13(15)12-14/h7,10H,3-6,8-9,11-12H2,1-2H3/b10-7+/t14-/m0/s1. The Morgan fingerprint density at radius 2 is 2.20 bits per heavy atom. The zero-order valence-corrected chi connectivity index (χ0v) is 10.2. The predicted octanol–water partition coefficient (Wildman–Crippen LogP) is 4.27. The van der Waals surface area contributed by atoms with Crippen LogP contribution in [-0.2, 0) is 4.79 Å². The van der Waals surface area contributed by atoms with Crippen molar-refractivity contribution in [2.75, 3.05) is 0 Å². The molecule has 0 radical (unpaired) electrons. The van der Waals surface area contributed by atoms with E-state index in [4.69, 9.17) is 0 Å². The average Bonchev–Trinajstić information content (AvgIpc) is 2.25. The summed E-state index contributed by atoms with van der Waals surface area (Å²) in [5, 5.41) is 0. The average molecular weight is 208 g/mol. The van der Waals surface area contributed by atoms with Gasteiger partial charge in [0.2, 0.25) is 0 Å². The van der Waals surface area contributed by atoms with Gasteiger partial charge in [-0.2, -0.15) is 0 Å². The molecule has 0 saturated heterocycles. The SMILES string of the molecule is CCCC/C=C/[C@@]1(CC)CCCC(=O)C1. The lowest BCUT2D eigenvalue weighted by atomic mass is 9.71. The first-order valence-corrected chi connectivity index (χ1v) is 6.42. The molecule has 1 aliphatic rings. The highest BCUT2D eigenvalue weighted by Gasteiger charge is 2.31. The monoisotopic (exact) mass is 208 g/mol. The molecule has 86 valence electrons. The van der Waals surface area contributed by atoms with E-state index in [2.05, 4.69) is 26.0 Å². The van der Waals surface area contributed by atoms with E-state index in [0.717, 1.165) is 25.7 Å². The molecule has 0 amide bonds. The Morgan fingerprint density at radius 3 is 2.80 bits per heavy atom. The molecule has 0 aromatic rings. The van der Waals surface area contributed by atoms with Gasteiger partial charge in [-0.3, -0.25) is 4.79 Å². The lowest BCUT2D eigenvalue weighted by molar-refractivity contribution is -0.122. The first-order valence-electron chi connectivity index (χ1n) is 6.42. The summed E-state index contributed by atoms with van der Waals surface area (Å²) in [5.41, 5.74) is 0.211. The van der Waals surface area contributed by atoms with E-state index in [1.807, 2.05) is 0 Å². The maximum Gasteiger partial charge on any atom is 0.133 e. The first-order chi connectivity index (χ1) is 7.22. The molecule has 1 nitrogen and oxygen atoms in total. The van der Waals surface area contributed by atoms with Crippen molar-refractivity contribution in [2.24, 2.45) is 5.41 Å². The highest BCUT2D eigenvalue weighted by atomic mass is 16.1. The molecule has 1 atom stereocenters. The summed E-state index contributed by atoms with van der Waals surface area (Å²) in [4.78, 5) is 11.5. The molecule has 0 spiro atoms. The van der Waals surface area contributed by atoms with Gasteiger partial charge >= 0.3 is 0 Å². The minimum absolute atomic E-state index is 0.211. The van der Waals surface area contributed by atoms with E-state index in [1.165, 1.54) is 25.7 Å². The Morgan fingerprint density at radius 1 is 1.40 bits per heavy atom. The van der Waals surface area contributed by atoms with Crippen LogP contribution in [0.25, 0.3) is 0 Å². The van der Waals surface area contributed by atoms with Gasteiger partial charge in [-0.1, -0.05) is 38.8 Å². The van der Waals surface area contributed by atoms with Gasteiger partial charge in [-0.15, -0.1) is 0 Å². The smallest absolute Gasteiger partial charge is 0.133 e. The lowest BCUT2D eigenvalue weighted by Gasteiger charge is -2.32. The highest BCUT2D eigenvalue weighted by molar-refractivity contribution is 5.80. The number of Topliss-reactive ketones (excluding diaryl/α,β-unsaturated/α-hetero) is 1. The van der Waals surface area contributed by atoms with Gasteiger partial charge in [-0.25, -0.2) is 0 Å². The minimum atomic E-state index is 0.211. The number of hydrogen-bond acceptors (Lipinski definition) is 1. The molecule has 1 heteroatoms. The van der Waals surface area contributed by atoms with Crippen LogP contribution in [0.3, 0.4) is 0 Å². The summed E-state index contributed by atoms with van der Waals surface area (Å²) in [6.07, 6.45) is 13.3. The highest BCUT2D eigenvalue weighted by Crippen LogP contribution is 2.39. The molecule has 0 N–H and O–H groups in total. The fourth-order valence-electron chi connectivity index (χ4n) is 2.42. The number of ketones is 1. The van der Waals surface area contributed by atoms with Gasteiger partial charge in [0, 0.05) is 12.8 Å². The molecule has 15 heavy (non-hydrogen) atoms. The Bertz CT molecular complexity index is 229. The predicted molar refractivity (Wildman–Crippen MR) is 64.9 cm³/mol. The van der Waals surface area contributed by atoms with Gasteiger partial charge in [0.15, 0.2) is 0 Å². The van der Waals surface area contributed by atoms with Gasteiger partial charge in [0.05, 0.1) is 0 Å². The fraction of sp³-hybridized carbons (Fsp3) is 0.786. The summed E-state index contributed by atoms with van der Waals surface area (Å²) >= 11 is 0. The van der Waals surface area contributed by atoms with Crippen molar-refractivity contribution in [3.05, 3.63) is 12.2 Å². The Balaban J connectivity index is 2.51. The maximum absolute atomic E-state index is 11.5. The number of allylic oxidation sites excluding steroid dienone is 2. The molecule has 0 bridgehead atoms. The van der Waals surface area contributed by atoms with E-state index in [9.17, 15) is 4.79 Å². The van der Waals surface area contributed by atoms with Crippen molar-refractivity contribution >= 4 is 5.78 Å². The van der Waals surface area contributed by atoms with Crippen LogP contribution in [0.2, 0.25) is 0 Å². The zero-order valence-electron chi connectivity index (χ0n) is 10.2. The largest absolute Gasteiger partial charge is 0.300 e. The first kappa shape index (κ1) is 12.5. The van der Waals surface area contributed by atoms with Gasteiger partial charge in [0.25, 0.3) is 0 Å². The molecule has 1 aliphatic carbocycles. The third kappa shape index (κ3) is 3.81. The summed E-state index contributed by atoms with van der Waals surface area (Å²) in [5.74, 6) is 0.461. The van der Waals surface area contributed by atoms with Crippen LogP contribution in [0, 0.1) is 5.41 Å². The van der Waals surface area contributed by atoms with E-state index in [0.29, 0.717) is 5.78 Å². The van der Waals surface area contributed by atoms with E-state index >= 15 is 0 Å². The summed E-state index contributed by atoms with van der Waals surface area (Å²) in [6.45, 7) is 4.43. The summed E-state index contributed by atoms with van der Waals surface area (Å²) in [7, 11) is 0. The Kier molecular flexibility index (Phi) is 5.07. The van der Waals surface area contributed by atoms with Crippen LogP contribution < -0.4 is 0 Å². The van der Waals surface area contributed by atoms with Crippen LogP contribution in [-0.4, -0.2) is 5.78 Å². The topological polar surface area (TPSA) is 17.1 Å². The molecule has 1 fully saturated rings. The van der Waals surface area contributed by atoms with Crippen LogP contribution >= 0.6 is 0 Å². The van der Waals surface area contributed by atoms with E-state index in [1.54, 1.807) is 0 Å². The summed E-state index contributed by atoms with van der Waals surface area (Å²) in [6, 6.07) is 0.